The summed E-state index contributed by atoms with van der Waals surface area (Å²) in [5, 5.41) is 0. The van der Waals surface area contributed by atoms with Gasteiger partial charge in [-0.25, -0.2) is 14.8 Å². The number of aromatic nitrogens is 2. The number of carbonyl (C=O) groups is 1. The predicted octanol–water partition coefficient (Wildman–Crippen LogP) is 3.57. The van der Waals surface area contributed by atoms with Crippen molar-refractivity contribution in [3.05, 3.63) is 47.9 Å². The number of hydrogen-bond acceptors (Lipinski definition) is 5. The molecule has 0 saturated carbocycles. The van der Waals surface area contributed by atoms with E-state index < -0.39 is 5.97 Å². The van der Waals surface area contributed by atoms with Gasteiger partial charge < -0.3 is 9.47 Å². The number of rotatable bonds is 5. The Morgan fingerprint density at radius 3 is 2.43 bits per heavy atom. The number of nitrogens with zero attached hydrogens (tertiary/aromatic N) is 2. The van der Waals surface area contributed by atoms with Gasteiger partial charge in [0.1, 0.15) is 5.75 Å². The van der Waals surface area contributed by atoms with Crippen molar-refractivity contribution in [3.8, 4) is 11.6 Å². The SMILES string of the molecule is CCC(C)c1ccc(Oc2cnc(C(=O)OC)cn2)cc1. The van der Waals surface area contributed by atoms with Crippen molar-refractivity contribution in [1.82, 2.24) is 9.97 Å². The molecule has 0 aliphatic rings. The van der Waals surface area contributed by atoms with Crippen LogP contribution >= 0.6 is 0 Å². The lowest BCUT2D eigenvalue weighted by molar-refractivity contribution is 0.0593. The molecule has 0 saturated heterocycles. The highest BCUT2D eigenvalue weighted by molar-refractivity contribution is 5.86. The van der Waals surface area contributed by atoms with E-state index in [0.29, 0.717) is 17.5 Å². The first-order valence-electron chi connectivity index (χ1n) is 6.82. The molecule has 0 spiro atoms. The Balaban J connectivity index is 2.06. The van der Waals surface area contributed by atoms with E-state index in [1.165, 1.54) is 25.1 Å². The minimum absolute atomic E-state index is 0.150. The molecule has 110 valence electrons. The van der Waals surface area contributed by atoms with Gasteiger partial charge in [0.2, 0.25) is 5.88 Å². The van der Waals surface area contributed by atoms with E-state index in [4.69, 9.17) is 4.74 Å². The molecule has 2 aromatic rings. The number of esters is 1. The summed E-state index contributed by atoms with van der Waals surface area (Å²) in [4.78, 5) is 19.2. The fourth-order valence-corrected chi connectivity index (χ4v) is 1.80. The van der Waals surface area contributed by atoms with Crippen LogP contribution in [-0.4, -0.2) is 23.0 Å². The molecule has 0 amide bonds. The summed E-state index contributed by atoms with van der Waals surface area (Å²) in [7, 11) is 1.30. The summed E-state index contributed by atoms with van der Waals surface area (Å²) in [6.07, 6.45) is 3.82. The molecular formula is C16H18N2O3. The summed E-state index contributed by atoms with van der Waals surface area (Å²) < 4.78 is 10.1. The molecule has 2 rings (SSSR count). The molecule has 0 bridgehead atoms. The van der Waals surface area contributed by atoms with Gasteiger partial charge in [0, 0.05) is 0 Å². The fourth-order valence-electron chi connectivity index (χ4n) is 1.80. The third-order valence-corrected chi connectivity index (χ3v) is 3.31. The first-order chi connectivity index (χ1) is 10.1. The lowest BCUT2D eigenvalue weighted by Crippen LogP contribution is -2.04. The van der Waals surface area contributed by atoms with Gasteiger partial charge in [-0.2, -0.15) is 0 Å². The molecule has 0 fully saturated rings. The van der Waals surface area contributed by atoms with E-state index >= 15 is 0 Å². The number of benzene rings is 1. The molecule has 1 atom stereocenters. The van der Waals surface area contributed by atoms with Crippen LogP contribution in [0.2, 0.25) is 0 Å². The van der Waals surface area contributed by atoms with Crippen molar-refractivity contribution in [2.75, 3.05) is 7.11 Å². The van der Waals surface area contributed by atoms with Crippen LogP contribution in [-0.2, 0) is 4.74 Å². The average Bonchev–Trinajstić information content (AvgIpc) is 2.55. The first-order valence-corrected chi connectivity index (χ1v) is 6.82. The maximum absolute atomic E-state index is 11.2. The Morgan fingerprint density at radius 2 is 1.90 bits per heavy atom. The summed E-state index contributed by atoms with van der Waals surface area (Å²) in [5.41, 5.74) is 1.42. The minimum atomic E-state index is -0.521. The largest absolute Gasteiger partial charge is 0.464 e. The minimum Gasteiger partial charge on any atom is -0.464 e. The first kappa shape index (κ1) is 15.0. The number of methoxy groups -OCH3 is 1. The van der Waals surface area contributed by atoms with E-state index in [1.54, 1.807) is 0 Å². The van der Waals surface area contributed by atoms with Crippen LogP contribution in [0.3, 0.4) is 0 Å². The lowest BCUT2D eigenvalue weighted by atomic mass is 9.99. The van der Waals surface area contributed by atoms with Gasteiger partial charge in [-0.15, -0.1) is 0 Å². The number of hydrogen-bond donors (Lipinski definition) is 0. The highest BCUT2D eigenvalue weighted by Crippen LogP contribution is 2.24. The van der Waals surface area contributed by atoms with Gasteiger partial charge in [-0.1, -0.05) is 26.0 Å². The van der Waals surface area contributed by atoms with Crippen LogP contribution in [0, 0.1) is 0 Å². The van der Waals surface area contributed by atoms with E-state index in [2.05, 4.69) is 28.6 Å². The highest BCUT2D eigenvalue weighted by atomic mass is 16.5. The third-order valence-electron chi connectivity index (χ3n) is 3.31. The number of ether oxygens (including phenoxy) is 2. The van der Waals surface area contributed by atoms with Crippen LogP contribution in [0.25, 0.3) is 0 Å². The molecule has 1 heterocycles. The van der Waals surface area contributed by atoms with Gasteiger partial charge in [-0.05, 0) is 30.0 Å². The van der Waals surface area contributed by atoms with Gasteiger partial charge in [0.25, 0.3) is 0 Å². The summed E-state index contributed by atoms with van der Waals surface area (Å²) >= 11 is 0. The van der Waals surface area contributed by atoms with Gasteiger partial charge in [0.15, 0.2) is 5.69 Å². The van der Waals surface area contributed by atoms with E-state index in [1.807, 2.05) is 24.3 Å². The van der Waals surface area contributed by atoms with E-state index in [0.717, 1.165) is 6.42 Å². The predicted molar refractivity (Wildman–Crippen MR) is 78.6 cm³/mol. The highest BCUT2D eigenvalue weighted by Gasteiger charge is 2.08. The molecule has 0 aliphatic heterocycles. The van der Waals surface area contributed by atoms with E-state index in [9.17, 15) is 4.79 Å². The van der Waals surface area contributed by atoms with Crippen molar-refractivity contribution < 1.29 is 14.3 Å². The Labute approximate surface area is 124 Å². The standard InChI is InChI=1S/C16H18N2O3/c1-4-11(2)12-5-7-13(8-6-12)21-15-10-17-14(9-18-15)16(19)20-3/h5-11H,4H2,1-3H3. The van der Waals surface area contributed by atoms with Crippen LogP contribution in [0.5, 0.6) is 11.6 Å². The maximum atomic E-state index is 11.2. The van der Waals surface area contributed by atoms with Crippen molar-refractivity contribution in [3.63, 3.8) is 0 Å². The molecule has 1 aromatic carbocycles. The summed E-state index contributed by atoms with van der Waals surface area (Å²) in [6, 6.07) is 7.88. The van der Waals surface area contributed by atoms with Crippen LogP contribution in [0.4, 0.5) is 0 Å². The molecule has 5 nitrogen and oxygen atoms in total. The molecule has 0 aliphatic carbocycles. The Morgan fingerprint density at radius 1 is 1.19 bits per heavy atom. The number of carbonyl (C=O) groups excluding carboxylic acids is 1. The van der Waals surface area contributed by atoms with Crippen LogP contribution in [0.15, 0.2) is 36.7 Å². The summed E-state index contributed by atoms with van der Waals surface area (Å²) in [6.45, 7) is 4.35. The maximum Gasteiger partial charge on any atom is 0.358 e. The monoisotopic (exact) mass is 286 g/mol. The molecule has 21 heavy (non-hydrogen) atoms. The third kappa shape index (κ3) is 3.78. The van der Waals surface area contributed by atoms with Gasteiger partial charge in [-0.3, -0.25) is 0 Å². The normalized spacial score (nSPS) is 11.8. The quantitative estimate of drug-likeness (QED) is 0.786. The second kappa shape index (κ2) is 6.83. The lowest BCUT2D eigenvalue weighted by Gasteiger charge is -2.10. The zero-order valence-corrected chi connectivity index (χ0v) is 12.4. The van der Waals surface area contributed by atoms with Crippen molar-refractivity contribution in [1.29, 1.82) is 0 Å². The Bertz CT molecular complexity index is 594. The topological polar surface area (TPSA) is 61.3 Å². The molecule has 0 radical (unpaired) electrons. The van der Waals surface area contributed by atoms with Crippen molar-refractivity contribution >= 4 is 5.97 Å². The molecule has 0 N–H and O–H groups in total. The van der Waals surface area contributed by atoms with Gasteiger partial charge in [0.05, 0.1) is 19.5 Å². The fraction of sp³-hybridized carbons (Fsp3) is 0.312. The second-order valence-electron chi connectivity index (χ2n) is 4.71. The molecule has 1 aromatic heterocycles. The molecular weight excluding hydrogens is 268 g/mol. The van der Waals surface area contributed by atoms with Crippen molar-refractivity contribution in [2.24, 2.45) is 0 Å². The van der Waals surface area contributed by atoms with Gasteiger partial charge >= 0.3 is 5.97 Å². The second-order valence-corrected chi connectivity index (χ2v) is 4.71. The van der Waals surface area contributed by atoms with E-state index in [-0.39, 0.29) is 5.69 Å². The summed E-state index contributed by atoms with van der Waals surface area (Å²) in [5.74, 6) is 1.02. The van der Waals surface area contributed by atoms with Crippen LogP contribution in [0.1, 0.15) is 42.2 Å². The Kier molecular flexibility index (Phi) is 4.87. The molecule has 1 unspecified atom stereocenters. The Hall–Kier alpha value is -2.43. The van der Waals surface area contributed by atoms with Crippen molar-refractivity contribution in [2.45, 2.75) is 26.2 Å². The smallest absolute Gasteiger partial charge is 0.358 e. The average molecular weight is 286 g/mol. The zero-order chi connectivity index (χ0) is 15.2. The van der Waals surface area contributed by atoms with Crippen LogP contribution < -0.4 is 4.74 Å². The molecule has 5 heteroatoms. The zero-order valence-electron chi connectivity index (χ0n) is 12.4.